The summed E-state index contributed by atoms with van der Waals surface area (Å²) in [6, 6.07) is 7.25. The quantitative estimate of drug-likeness (QED) is 0.811. The number of piperazine rings is 1. The Morgan fingerprint density at radius 1 is 1.08 bits per heavy atom. The van der Waals surface area contributed by atoms with E-state index in [1.807, 2.05) is 12.1 Å². The van der Waals surface area contributed by atoms with Crippen LogP contribution in [0.5, 0.6) is 0 Å². The van der Waals surface area contributed by atoms with Crippen LogP contribution in [0, 0.1) is 5.82 Å². The Balaban J connectivity index is 1.75. The van der Waals surface area contributed by atoms with Gasteiger partial charge >= 0.3 is 0 Å². The van der Waals surface area contributed by atoms with Gasteiger partial charge < -0.3 is 9.80 Å². The standard InChI is InChI=1S/C18H18FN3O2/c1-13(23)6-7-17(24)21-8-10-22(11-9-21)18-15-5-3-2-4-14(15)16(19)12-20-18/h2-7,12H,8-11H2,1H3. The molecular weight excluding hydrogens is 309 g/mol. The van der Waals surface area contributed by atoms with Crippen molar-refractivity contribution in [2.24, 2.45) is 0 Å². The monoisotopic (exact) mass is 327 g/mol. The van der Waals surface area contributed by atoms with Gasteiger partial charge in [-0.25, -0.2) is 9.37 Å². The van der Waals surface area contributed by atoms with Crippen LogP contribution in [0.4, 0.5) is 10.2 Å². The molecule has 1 aliphatic rings. The molecule has 2 aromatic rings. The second-order valence-corrected chi connectivity index (χ2v) is 5.73. The molecule has 0 bridgehead atoms. The number of carbonyl (C=O) groups is 2. The normalized spacial score (nSPS) is 15.2. The Morgan fingerprint density at radius 2 is 1.75 bits per heavy atom. The second kappa shape index (κ2) is 6.78. The van der Waals surface area contributed by atoms with Crippen LogP contribution >= 0.6 is 0 Å². The van der Waals surface area contributed by atoms with Crippen molar-refractivity contribution >= 4 is 28.3 Å². The van der Waals surface area contributed by atoms with Gasteiger partial charge in [-0.15, -0.1) is 0 Å². The molecule has 1 saturated heterocycles. The van der Waals surface area contributed by atoms with E-state index >= 15 is 0 Å². The number of hydrogen-bond acceptors (Lipinski definition) is 4. The summed E-state index contributed by atoms with van der Waals surface area (Å²) >= 11 is 0. The highest BCUT2D eigenvalue weighted by Crippen LogP contribution is 2.27. The van der Waals surface area contributed by atoms with Gasteiger partial charge in [0.2, 0.25) is 5.91 Å². The van der Waals surface area contributed by atoms with E-state index in [9.17, 15) is 14.0 Å². The molecule has 3 rings (SSSR count). The van der Waals surface area contributed by atoms with Crippen molar-refractivity contribution in [3.8, 4) is 0 Å². The zero-order valence-electron chi connectivity index (χ0n) is 13.4. The van der Waals surface area contributed by atoms with Gasteiger partial charge in [-0.3, -0.25) is 9.59 Å². The maximum Gasteiger partial charge on any atom is 0.246 e. The van der Waals surface area contributed by atoms with Crippen LogP contribution in [0.1, 0.15) is 6.92 Å². The average molecular weight is 327 g/mol. The van der Waals surface area contributed by atoms with Gasteiger partial charge in [-0.1, -0.05) is 24.3 Å². The zero-order chi connectivity index (χ0) is 17.1. The highest BCUT2D eigenvalue weighted by atomic mass is 19.1. The van der Waals surface area contributed by atoms with E-state index < -0.39 is 0 Å². The molecular formula is C18H18FN3O2. The lowest BCUT2D eigenvalue weighted by atomic mass is 10.1. The largest absolute Gasteiger partial charge is 0.353 e. The number of ketones is 1. The third-order valence-electron chi connectivity index (χ3n) is 4.08. The SMILES string of the molecule is CC(=O)C=CC(=O)N1CCN(c2ncc(F)c3ccccc23)CC1. The van der Waals surface area contributed by atoms with Gasteiger partial charge in [-0.05, 0) is 13.0 Å². The number of allylic oxidation sites excluding steroid dienone is 1. The van der Waals surface area contributed by atoms with Crippen LogP contribution in [-0.2, 0) is 9.59 Å². The van der Waals surface area contributed by atoms with Crippen molar-refractivity contribution in [3.05, 3.63) is 48.4 Å². The highest BCUT2D eigenvalue weighted by molar-refractivity contribution is 5.97. The lowest BCUT2D eigenvalue weighted by Gasteiger charge is -2.35. The summed E-state index contributed by atoms with van der Waals surface area (Å²) in [4.78, 5) is 30.9. The van der Waals surface area contributed by atoms with Crippen LogP contribution in [0.2, 0.25) is 0 Å². The van der Waals surface area contributed by atoms with Gasteiger partial charge in [0.15, 0.2) is 5.78 Å². The number of amides is 1. The number of pyridine rings is 1. The average Bonchev–Trinajstić information content (AvgIpc) is 2.60. The summed E-state index contributed by atoms with van der Waals surface area (Å²) in [5, 5.41) is 1.32. The molecule has 0 radical (unpaired) electrons. The number of halogens is 1. The molecule has 1 fully saturated rings. The van der Waals surface area contributed by atoms with Gasteiger partial charge in [0.05, 0.1) is 6.20 Å². The highest BCUT2D eigenvalue weighted by Gasteiger charge is 2.22. The summed E-state index contributed by atoms with van der Waals surface area (Å²) < 4.78 is 13.9. The Morgan fingerprint density at radius 3 is 2.42 bits per heavy atom. The van der Waals surface area contributed by atoms with Gasteiger partial charge in [-0.2, -0.15) is 0 Å². The first-order chi connectivity index (χ1) is 11.6. The maximum absolute atomic E-state index is 13.9. The molecule has 6 heteroatoms. The maximum atomic E-state index is 13.9. The Bertz CT molecular complexity index is 811. The van der Waals surface area contributed by atoms with Crippen LogP contribution in [-0.4, -0.2) is 47.8 Å². The van der Waals surface area contributed by atoms with Crippen molar-refractivity contribution in [2.75, 3.05) is 31.1 Å². The summed E-state index contributed by atoms with van der Waals surface area (Å²) in [6.07, 6.45) is 3.83. The first-order valence-corrected chi connectivity index (χ1v) is 7.82. The van der Waals surface area contributed by atoms with Crippen LogP contribution in [0.25, 0.3) is 10.8 Å². The first-order valence-electron chi connectivity index (χ1n) is 7.82. The molecule has 124 valence electrons. The fraction of sp³-hybridized carbons (Fsp3) is 0.278. The number of rotatable bonds is 3. The van der Waals surface area contributed by atoms with E-state index in [4.69, 9.17) is 0 Å². The minimum absolute atomic E-state index is 0.149. The van der Waals surface area contributed by atoms with Crippen molar-refractivity contribution in [2.45, 2.75) is 6.92 Å². The fourth-order valence-corrected chi connectivity index (χ4v) is 2.83. The number of hydrogen-bond donors (Lipinski definition) is 0. The molecule has 24 heavy (non-hydrogen) atoms. The van der Waals surface area contributed by atoms with E-state index in [1.54, 1.807) is 17.0 Å². The first kappa shape index (κ1) is 16.1. The number of fused-ring (bicyclic) bond motifs is 1. The van der Waals surface area contributed by atoms with E-state index in [2.05, 4.69) is 9.88 Å². The molecule has 0 N–H and O–H groups in total. The minimum atomic E-state index is -0.336. The molecule has 0 saturated carbocycles. The van der Waals surface area contributed by atoms with Gasteiger partial charge in [0.25, 0.3) is 0 Å². The van der Waals surface area contributed by atoms with E-state index in [-0.39, 0.29) is 17.5 Å². The Hall–Kier alpha value is -2.76. The fourth-order valence-electron chi connectivity index (χ4n) is 2.83. The van der Waals surface area contributed by atoms with Gasteiger partial charge in [0.1, 0.15) is 11.6 Å². The van der Waals surface area contributed by atoms with Crippen LogP contribution in [0.15, 0.2) is 42.6 Å². The van der Waals surface area contributed by atoms with Crippen LogP contribution in [0.3, 0.4) is 0 Å². The molecule has 1 aromatic heterocycles. The topological polar surface area (TPSA) is 53.5 Å². The van der Waals surface area contributed by atoms with E-state index in [1.165, 1.54) is 25.3 Å². The molecule has 1 aliphatic heterocycles. The number of nitrogens with zero attached hydrogens (tertiary/aromatic N) is 3. The lowest BCUT2D eigenvalue weighted by molar-refractivity contribution is -0.126. The number of carbonyl (C=O) groups excluding carboxylic acids is 2. The molecule has 0 spiro atoms. The van der Waals surface area contributed by atoms with Gasteiger partial charge in [0, 0.05) is 43.0 Å². The molecule has 1 amide bonds. The molecule has 2 heterocycles. The van der Waals surface area contributed by atoms with Crippen molar-refractivity contribution < 1.29 is 14.0 Å². The summed E-state index contributed by atoms with van der Waals surface area (Å²) in [6.45, 7) is 3.71. The number of anilines is 1. The number of benzene rings is 1. The Kier molecular flexibility index (Phi) is 4.55. The van der Waals surface area contributed by atoms with Crippen molar-refractivity contribution in [1.82, 2.24) is 9.88 Å². The third kappa shape index (κ3) is 3.27. The number of aromatic nitrogens is 1. The molecule has 0 atom stereocenters. The van der Waals surface area contributed by atoms with E-state index in [0.29, 0.717) is 31.6 Å². The predicted molar refractivity (Wildman–Crippen MR) is 90.3 cm³/mol. The van der Waals surface area contributed by atoms with E-state index in [0.717, 1.165) is 11.2 Å². The molecule has 0 aliphatic carbocycles. The zero-order valence-corrected chi connectivity index (χ0v) is 13.4. The summed E-state index contributed by atoms with van der Waals surface area (Å²) in [5.41, 5.74) is 0. The second-order valence-electron chi connectivity index (χ2n) is 5.73. The lowest BCUT2D eigenvalue weighted by Crippen LogP contribution is -2.48. The van der Waals surface area contributed by atoms with Crippen LogP contribution < -0.4 is 4.90 Å². The Labute approximate surface area is 139 Å². The molecule has 1 aromatic carbocycles. The molecule has 0 unspecified atom stereocenters. The summed E-state index contributed by atoms with van der Waals surface area (Å²) in [5.74, 6) is 0.0849. The van der Waals surface area contributed by atoms with Crippen molar-refractivity contribution in [3.63, 3.8) is 0 Å². The summed E-state index contributed by atoms with van der Waals surface area (Å²) in [7, 11) is 0. The van der Waals surface area contributed by atoms with Crippen molar-refractivity contribution in [1.29, 1.82) is 0 Å². The smallest absolute Gasteiger partial charge is 0.246 e. The minimum Gasteiger partial charge on any atom is -0.353 e. The third-order valence-corrected chi connectivity index (χ3v) is 4.08. The predicted octanol–water partition coefficient (Wildman–Crippen LogP) is 2.17. The molecule has 5 nitrogen and oxygen atoms in total.